The van der Waals surface area contributed by atoms with Gasteiger partial charge < -0.3 is 10.2 Å². The van der Waals surface area contributed by atoms with E-state index in [1.807, 2.05) is 6.92 Å². The van der Waals surface area contributed by atoms with Crippen LogP contribution in [0, 0.1) is 33.5 Å². The fourth-order valence-corrected chi connectivity index (χ4v) is 7.66. The van der Waals surface area contributed by atoms with Crippen LogP contribution < -0.4 is 0 Å². The molecule has 5 aliphatic carbocycles. The van der Waals surface area contributed by atoms with Gasteiger partial charge >= 0.3 is 0 Å². The lowest BCUT2D eigenvalue weighted by Crippen LogP contribution is -2.69. The lowest BCUT2D eigenvalue weighted by atomic mass is 9.33. The topological polar surface area (TPSA) is 57.5 Å². The number of ketones is 1. The van der Waals surface area contributed by atoms with Gasteiger partial charge in [-0.05, 0) is 66.6 Å². The Labute approximate surface area is 139 Å². The summed E-state index contributed by atoms with van der Waals surface area (Å²) in [6.07, 6.45) is 7.61. The minimum atomic E-state index is -0.495. The summed E-state index contributed by atoms with van der Waals surface area (Å²) in [7, 11) is 0. The second-order valence-electron chi connectivity index (χ2n) is 10.0. The molecular weight excluding hydrogens is 288 g/mol. The molecule has 130 valence electrons. The zero-order chi connectivity index (χ0) is 16.7. The van der Waals surface area contributed by atoms with Crippen molar-refractivity contribution in [2.24, 2.45) is 33.5 Å². The summed E-state index contributed by atoms with van der Waals surface area (Å²) in [6.45, 7) is 6.89. The minimum Gasteiger partial charge on any atom is -0.396 e. The van der Waals surface area contributed by atoms with Gasteiger partial charge in [-0.25, -0.2) is 0 Å². The van der Waals surface area contributed by atoms with Crippen LogP contribution in [0.3, 0.4) is 0 Å². The molecule has 0 unspecified atom stereocenters. The predicted molar refractivity (Wildman–Crippen MR) is 88.8 cm³/mol. The number of aliphatic hydroxyl groups excluding tert-OH is 2. The highest BCUT2D eigenvalue weighted by Gasteiger charge is 2.71. The van der Waals surface area contributed by atoms with Crippen molar-refractivity contribution in [2.45, 2.75) is 78.2 Å². The normalized spacial score (nSPS) is 58.7. The SMILES string of the molecule is C[C@]1(CO)CCC[C@@]2(C)[C@H]1CC[C@H]1C[C@]3(C)C(=O)C[C@@]12C[C@H]3O. The van der Waals surface area contributed by atoms with Crippen LogP contribution in [0.25, 0.3) is 0 Å². The smallest absolute Gasteiger partial charge is 0.141 e. The van der Waals surface area contributed by atoms with Gasteiger partial charge in [0, 0.05) is 13.0 Å². The van der Waals surface area contributed by atoms with E-state index in [0.717, 1.165) is 32.1 Å². The average molecular weight is 320 g/mol. The maximum absolute atomic E-state index is 12.9. The standard InChI is InChI=1S/C20H32O3/c1-17(12-21)7-4-8-19(3)14(17)6-5-13-9-18(2)15(22)10-20(13,19)11-16(18)23/h13-15,21-22H,4-12H2,1-3H3/t13-,14-,15+,17+,18-,19-,20-/m0/s1. The summed E-state index contributed by atoms with van der Waals surface area (Å²) in [5, 5.41) is 20.9. The molecule has 0 saturated heterocycles. The molecule has 5 rings (SSSR count). The third-order valence-electron chi connectivity index (χ3n) is 9.21. The monoisotopic (exact) mass is 320 g/mol. The van der Waals surface area contributed by atoms with Gasteiger partial charge in [0.05, 0.1) is 11.5 Å². The molecule has 5 fully saturated rings. The first-order valence-electron chi connectivity index (χ1n) is 9.54. The molecule has 1 spiro atoms. The van der Waals surface area contributed by atoms with Gasteiger partial charge in [0.2, 0.25) is 0 Å². The Bertz CT molecular complexity index is 545. The number of Topliss-reactive ketones (excluding diaryl/α,β-unsaturated/α-hetero) is 1. The van der Waals surface area contributed by atoms with Gasteiger partial charge in [0.25, 0.3) is 0 Å². The van der Waals surface area contributed by atoms with E-state index in [9.17, 15) is 15.0 Å². The van der Waals surface area contributed by atoms with Crippen molar-refractivity contribution in [1.82, 2.24) is 0 Å². The maximum Gasteiger partial charge on any atom is 0.141 e. The van der Waals surface area contributed by atoms with Gasteiger partial charge in [-0.1, -0.05) is 27.2 Å². The molecular formula is C20H32O3. The first-order valence-corrected chi connectivity index (χ1v) is 9.54. The summed E-state index contributed by atoms with van der Waals surface area (Å²) in [5.41, 5.74) is -0.450. The van der Waals surface area contributed by atoms with Crippen molar-refractivity contribution in [3.8, 4) is 0 Å². The number of fused-ring (bicyclic) bond motifs is 3. The second kappa shape index (κ2) is 4.60. The van der Waals surface area contributed by atoms with Gasteiger partial charge in [-0.15, -0.1) is 0 Å². The summed E-state index contributed by atoms with van der Waals surface area (Å²) in [6, 6.07) is 0. The van der Waals surface area contributed by atoms with Crippen molar-refractivity contribution >= 4 is 5.78 Å². The molecule has 0 aliphatic heterocycles. The number of hydrogen-bond acceptors (Lipinski definition) is 3. The summed E-state index contributed by atoms with van der Waals surface area (Å²) in [5.74, 6) is 1.36. The van der Waals surface area contributed by atoms with Crippen LogP contribution in [0.5, 0.6) is 0 Å². The Kier molecular flexibility index (Phi) is 3.22. The van der Waals surface area contributed by atoms with Crippen molar-refractivity contribution in [2.75, 3.05) is 6.61 Å². The molecule has 23 heavy (non-hydrogen) atoms. The first kappa shape index (κ1) is 16.1. The zero-order valence-corrected chi connectivity index (χ0v) is 14.9. The highest BCUT2D eigenvalue weighted by molar-refractivity contribution is 5.88. The van der Waals surface area contributed by atoms with Crippen LogP contribution in [0.2, 0.25) is 0 Å². The van der Waals surface area contributed by atoms with E-state index < -0.39 is 11.5 Å². The number of rotatable bonds is 1. The first-order chi connectivity index (χ1) is 10.7. The van der Waals surface area contributed by atoms with E-state index in [-0.39, 0.29) is 22.9 Å². The molecule has 7 atom stereocenters. The van der Waals surface area contributed by atoms with E-state index in [1.54, 1.807) is 0 Å². The van der Waals surface area contributed by atoms with E-state index in [0.29, 0.717) is 24.0 Å². The van der Waals surface area contributed by atoms with Gasteiger partial charge in [-0.2, -0.15) is 0 Å². The predicted octanol–water partition coefficient (Wildman–Crippen LogP) is 3.32. The van der Waals surface area contributed by atoms with Gasteiger partial charge in [0.1, 0.15) is 5.78 Å². The van der Waals surface area contributed by atoms with E-state index in [1.165, 1.54) is 12.8 Å². The molecule has 0 heterocycles. The number of aliphatic hydroxyl groups is 2. The molecule has 2 bridgehead atoms. The molecule has 5 aliphatic rings. The van der Waals surface area contributed by atoms with Crippen LogP contribution in [0.15, 0.2) is 0 Å². The Morgan fingerprint density at radius 2 is 1.87 bits per heavy atom. The Hall–Kier alpha value is -0.410. The molecule has 3 heteroatoms. The Morgan fingerprint density at radius 3 is 2.52 bits per heavy atom. The molecule has 0 aromatic carbocycles. The fourth-order valence-electron chi connectivity index (χ4n) is 7.66. The van der Waals surface area contributed by atoms with Gasteiger partial charge in [0.15, 0.2) is 0 Å². The molecule has 3 nitrogen and oxygen atoms in total. The number of carbonyl (C=O) groups excluding carboxylic acids is 1. The molecule has 0 amide bonds. The fraction of sp³-hybridized carbons (Fsp3) is 0.950. The minimum absolute atomic E-state index is 0.0150. The Balaban J connectivity index is 1.82. The maximum atomic E-state index is 12.9. The summed E-state index contributed by atoms with van der Waals surface area (Å²) in [4.78, 5) is 12.9. The van der Waals surface area contributed by atoms with Crippen molar-refractivity contribution in [1.29, 1.82) is 0 Å². The molecule has 5 saturated carbocycles. The second-order valence-corrected chi connectivity index (χ2v) is 10.0. The number of carbonyl (C=O) groups is 1. The van der Waals surface area contributed by atoms with E-state index in [2.05, 4.69) is 13.8 Å². The van der Waals surface area contributed by atoms with Crippen molar-refractivity contribution in [3.63, 3.8) is 0 Å². The molecule has 2 N–H and O–H groups in total. The third kappa shape index (κ3) is 1.71. The van der Waals surface area contributed by atoms with E-state index >= 15 is 0 Å². The molecule has 0 radical (unpaired) electrons. The largest absolute Gasteiger partial charge is 0.396 e. The Morgan fingerprint density at radius 1 is 1.13 bits per heavy atom. The molecule has 0 aromatic heterocycles. The lowest BCUT2D eigenvalue weighted by Gasteiger charge is -2.71. The van der Waals surface area contributed by atoms with Crippen LogP contribution in [0.1, 0.15) is 72.1 Å². The van der Waals surface area contributed by atoms with Crippen LogP contribution in [0.4, 0.5) is 0 Å². The average Bonchev–Trinajstić information content (AvgIpc) is 2.49. The summed E-state index contributed by atoms with van der Waals surface area (Å²) < 4.78 is 0. The van der Waals surface area contributed by atoms with E-state index in [4.69, 9.17) is 0 Å². The van der Waals surface area contributed by atoms with Crippen LogP contribution in [-0.2, 0) is 4.79 Å². The third-order valence-corrected chi connectivity index (χ3v) is 9.21. The van der Waals surface area contributed by atoms with Crippen LogP contribution in [-0.4, -0.2) is 28.7 Å². The summed E-state index contributed by atoms with van der Waals surface area (Å²) >= 11 is 0. The number of hydrogen-bond donors (Lipinski definition) is 2. The lowest BCUT2D eigenvalue weighted by molar-refractivity contribution is -0.243. The highest BCUT2D eigenvalue weighted by Crippen LogP contribution is 2.74. The van der Waals surface area contributed by atoms with Gasteiger partial charge in [-0.3, -0.25) is 4.79 Å². The quantitative estimate of drug-likeness (QED) is 0.779. The zero-order valence-electron chi connectivity index (χ0n) is 14.9. The van der Waals surface area contributed by atoms with Crippen molar-refractivity contribution in [3.05, 3.63) is 0 Å². The molecule has 0 aromatic rings. The van der Waals surface area contributed by atoms with Crippen LogP contribution >= 0.6 is 0 Å². The highest BCUT2D eigenvalue weighted by atomic mass is 16.3. The van der Waals surface area contributed by atoms with Crippen molar-refractivity contribution < 1.29 is 15.0 Å².